The van der Waals surface area contributed by atoms with Crippen molar-refractivity contribution in [2.45, 2.75) is 26.3 Å². The summed E-state index contributed by atoms with van der Waals surface area (Å²) >= 11 is 0. The Labute approximate surface area is 160 Å². The van der Waals surface area contributed by atoms with Crippen LogP contribution in [0.25, 0.3) is 0 Å². The predicted octanol–water partition coefficient (Wildman–Crippen LogP) is 2.34. The number of hydrogen-bond donors (Lipinski definition) is 1. The van der Waals surface area contributed by atoms with Crippen LogP contribution >= 0.6 is 0 Å². The van der Waals surface area contributed by atoms with Gasteiger partial charge in [-0.25, -0.2) is 9.97 Å². The molecule has 1 N–H and O–H groups in total. The van der Waals surface area contributed by atoms with Gasteiger partial charge in [-0.3, -0.25) is 4.79 Å². The first-order chi connectivity index (χ1) is 13.1. The van der Waals surface area contributed by atoms with Crippen molar-refractivity contribution in [1.82, 2.24) is 15.3 Å². The molecule has 0 bridgehead atoms. The molecule has 3 rings (SSSR count). The first-order valence-corrected chi connectivity index (χ1v) is 9.38. The number of carbonyl (C=O) groups excluding carboxylic acids is 1. The summed E-state index contributed by atoms with van der Waals surface area (Å²) in [5.41, 5.74) is 1.47. The summed E-state index contributed by atoms with van der Waals surface area (Å²) in [5, 5.41) is 2.91. The minimum Gasteiger partial charge on any atom is -0.495 e. The molecule has 2 heterocycles. The van der Waals surface area contributed by atoms with Gasteiger partial charge >= 0.3 is 0 Å². The summed E-state index contributed by atoms with van der Waals surface area (Å²) in [5.74, 6) is 1.52. The highest BCUT2D eigenvalue weighted by Gasteiger charge is 2.21. The van der Waals surface area contributed by atoms with Gasteiger partial charge < -0.3 is 19.9 Å². The average Bonchev–Trinajstić information content (AvgIpc) is 2.73. The number of aromatic nitrogens is 2. The molecule has 0 aliphatic carbocycles. The van der Waals surface area contributed by atoms with Crippen molar-refractivity contribution < 1.29 is 9.53 Å². The van der Waals surface area contributed by atoms with E-state index in [9.17, 15) is 4.79 Å². The fraction of sp³-hybridized carbons (Fsp3) is 0.450. The lowest BCUT2D eigenvalue weighted by Crippen LogP contribution is -2.47. The highest BCUT2D eigenvalue weighted by atomic mass is 16.5. The van der Waals surface area contributed by atoms with Crippen LogP contribution in [-0.4, -0.2) is 55.2 Å². The Morgan fingerprint density at radius 2 is 1.85 bits per heavy atom. The molecule has 0 spiro atoms. The van der Waals surface area contributed by atoms with Gasteiger partial charge in [-0.2, -0.15) is 0 Å². The van der Waals surface area contributed by atoms with Crippen molar-refractivity contribution in [2.24, 2.45) is 0 Å². The van der Waals surface area contributed by atoms with E-state index in [1.807, 2.05) is 32.0 Å². The summed E-state index contributed by atoms with van der Waals surface area (Å²) < 4.78 is 5.47. The molecule has 7 nitrogen and oxygen atoms in total. The Bertz CT molecular complexity index is 757. The average molecular weight is 369 g/mol. The summed E-state index contributed by atoms with van der Waals surface area (Å²) in [6.07, 6.45) is 4.12. The van der Waals surface area contributed by atoms with Crippen molar-refractivity contribution in [2.75, 3.05) is 43.1 Å². The first kappa shape index (κ1) is 18.9. The highest BCUT2D eigenvalue weighted by Crippen LogP contribution is 2.28. The van der Waals surface area contributed by atoms with Crippen molar-refractivity contribution in [1.29, 1.82) is 0 Å². The molecule has 2 aromatic rings. The summed E-state index contributed by atoms with van der Waals surface area (Å²) in [6, 6.07) is 8.20. The second-order valence-corrected chi connectivity index (χ2v) is 6.69. The lowest BCUT2D eigenvalue weighted by Gasteiger charge is -2.37. The monoisotopic (exact) mass is 369 g/mol. The molecule has 1 fully saturated rings. The third kappa shape index (κ3) is 4.48. The number of para-hydroxylation sites is 2. The Morgan fingerprint density at radius 1 is 1.15 bits per heavy atom. The first-order valence-electron chi connectivity index (χ1n) is 9.38. The zero-order chi connectivity index (χ0) is 19.2. The summed E-state index contributed by atoms with van der Waals surface area (Å²) in [7, 11) is 1.70. The van der Waals surface area contributed by atoms with E-state index < -0.39 is 0 Å². The van der Waals surface area contributed by atoms with E-state index in [4.69, 9.17) is 4.74 Å². The van der Waals surface area contributed by atoms with E-state index in [1.165, 1.54) is 0 Å². The summed E-state index contributed by atoms with van der Waals surface area (Å²) in [6.45, 7) is 7.43. The number of amides is 1. The van der Waals surface area contributed by atoms with Gasteiger partial charge in [0.1, 0.15) is 17.3 Å². The van der Waals surface area contributed by atoms with Crippen LogP contribution in [-0.2, 0) is 0 Å². The number of anilines is 2. The van der Waals surface area contributed by atoms with E-state index in [-0.39, 0.29) is 11.9 Å². The molecule has 144 valence electrons. The Kier molecular flexibility index (Phi) is 6.11. The van der Waals surface area contributed by atoms with E-state index in [2.05, 4.69) is 31.2 Å². The molecule has 7 heteroatoms. The fourth-order valence-corrected chi connectivity index (χ4v) is 3.07. The maximum Gasteiger partial charge on any atom is 0.271 e. The SMILES string of the molecule is CCC(C)NC(=O)c1cnc(N2CCN(c3ccccc3OC)CC2)cn1. The maximum atomic E-state index is 12.1. The highest BCUT2D eigenvalue weighted by molar-refractivity contribution is 5.92. The minimum absolute atomic E-state index is 0.127. The number of rotatable bonds is 6. The van der Waals surface area contributed by atoms with Crippen molar-refractivity contribution >= 4 is 17.4 Å². The minimum atomic E-state index is -0.176. The third-order valence-electron chi connectivity index (χ3n) is 4.89. The molecule has 0 radical (unpaired) electrons. The molecule has 1 amide bonds. The largest absolute Gasteiger partial charge is 0.495 e. The van der Waals surface area contributed by atoms with E-state index in [0.29, 0.717) is 5.69 Å². The van der Waals surface area contributed by atoms with E-state index in [0.717, 1.165) is 49.9 Å². The van der Waals surface area contributed by atoms with Gasteiger partial charge in [0.25, 0.3) is 5.91 Å². The second-order valence-electron chi connectivity index (χ2n) is 6.69. The summed E-state index contributed by atoms with van der Waals surface area (Å²) in [4.78, 5) is 25.4. The van der Waals surface area contributed by atoms with Gasteiger partial charge in [0, 0.05) is 32.2 Å². The predicted molar refractivity (Wildman–Crippen MR) is 107 cm³/mol. The zero-order valence-electron chi connectivity index (χ0n) is 16.2. The standard InChI is InChI=1S/C20H27N5O2/c1-4-15(2)23-20(26)16-13-22-19(14-21-16)25-11-9-24(10-12-25)17-7-5-6-8-18(17)27-3/h5-8,13-15H,4,9-12H2,1-3H3,(H,23,26). The van der Waals surface area contributed by atoms with Crippen LogP contribution in [0.5, 0.6) is 5.75 Å². The Morgan fingerprint density at radius 3 is 2.48 bits per heavy atom. The number of piperazine rings is 1. The molecule has 1 atom stereocenters. The third-order valence-corrected chi connectivity index (χ3v) is 4.89. The van der Waals surface area contributed by atoms with Crippen LogP contribution in [0, 0.1) is 0 Å². The fourth-order valence-electron chi connectivity index (χ4n) is 3.07. The van der Waals surface area contributed by atoms with Gasteiger partial charge in [-0.15, -0.1) is 0 Å². The number of nitrogens with one attached hydrogen (secondary N) is 1. The van der Waals surface area contributed by atoms with Gasteiger partial charge in [0.15, 0.2) is 0 Å². The lowest BCUT2D eigenvalue weighted by molar-refractivity contribution is 0.0934. The quantitative estimate of drug-likeness (QED) is 0.843. The Balaban J connectivity index is 1.60. The molecule has 1 unspecified atom stereocenters. The number of benzene rings is 1. The number of hydrogen-bond acceptors (Lipinski definition) is 6. The molecule has 27 heavy (non-hydrogen) atoms. The van der Waals surface area contributed by atoms with Crippen LogP contribution < -0.4 is 19.9 Å². The van der Waals surface area contributed by atoms with Crippen LogP contribution in [0.1, 0.15) is 30.8 Å². The smallest absolute Gasteiger partial charge is 0.271 e. The molecule has 1 saturated heterocycles. The molecular formula is C20H27N5O2. The normalized spacial score (nSPS) is 15.4. The molecule has 1 aromatic carbocycles. The molecular weight excluding hydrogens is 342 g/mol. The maximum absolute atomic E-state index is 12.1. The van der Waals surface area contributed by atoms with E-state index in [1.54, 1.807) is 19.5 Å². The number of carbonyl (C=O) groups is 1. The topological polar surface area (TPSA) is 70.6 Å². The number of ether oxygens (including phenoxy) is 1. The zero-order valence-corrected chi connectivity index (χ0v) is 16.2. The van der Waals surface area contributed by atoms with Crippen LogP contribution in [0.15, 0.2) is 36.7 Å². The van der Waals surface area contributed by atoms with Gasteiger partial charge in [0.05, 0.1) is 25.2 Å². The van der Waals surface area contributed by atoms with Crippen molar-refractivity contribution in [3.05, 3.63) is 42.4 Å². The van der Waals surface area contributed by atoms with Gasteiger partial charge in [-0.05, 0) is 25.5 Å². The number of methoxy groups -OCH3 is 1. The van der Waals surface area contributed by atoms with Gasteiger partial charge in [0.2, 0.25) is 0 Å². The Hall–Kier alpha value is -2.83. The second kappa shape index (κ2) is 8.70. The molecule has 0 saturated carbocycles. The molecule has 1 aliphatic heterocycles. The lowest BCUT2D eigenvalue weighted by atomic mass is 10.2. The van der Waals surface area contributed by atoms with Crippen LogP contribution in [0.4, 0.5) is 11.5 Å². The molecule has 1 aromatic heterocycles. The number of nitrogens with zero attached hydrogens (tertiary/aromatic N) is 4. The van der Waals surface area contributed by atoms with Gasteiger partial charge in [-0.1, -0.05) is 19.1 Å². The van der Waals surface area contributed by atoms with Crippen molar-refractivity contribution in [3.63, 3.8) is 0 Å². The van der Waals surface area contributed by atoms with Crippen LogP contribution in [0.2, 0.25) is 0 Å². The van der Waals surface area contributed by atoms with Crippen LogP contribution in [0.3, 0.4) is 0 Å². The van der Waals surface area contributed by atoms with Crippen molar-refractivity contribution in [3.8, 4) is 5.75 Å². The van der Waals surface area contributed by atoms with E-state index >= 15 is 0 Å². The molecule has 1 aliphatic rings.